The van der Waals surface area contributed by atoms with Crippen molar-refractivity contribution in [1.82, 2.24) is 5.32 Å². The molecule has 0 fully saturated rings. The molecule has 0 aliphatic heterocycles. The average molecular weight is 456 g/mol. The van der Waals surface area contributed by atoms with Crippen LogP contribution < -0.4 is 24.3 Å². The molecule has 0 heterocycles. The van der Waals surface area contributed by atoms with Crippen molar-refractivity contribution in [3.05, 3.63) is 82.4 Å². The van der Waals surface area contributed by atoms with Gasteiger partial charge in [-0.1, -0.05) is 29.8 Å². The third-order valence-corrected chi connectivity index (χ3v) is 5.13. The first-order chi connectivity index (χ1) is 15.5. The van der Waals surface area contributed by atoms with E-state index in [1.807, 2.05) is 42.5 Å². The molecule has 0 saturated carbocycles. The van der Waals surface area contributed by atoms with Crippen LogP contribution in [-0.2, 0) is 13.0 Å². The standard InChI is InChI=1S/C25H26ClNO5/c1-29-21-10-6-17(14-23(21)30-2)12-13-27-25(28)19-7-11-22(24(15-19)31-3)32-16-18-4-8-20(26)9-5-18/h4-11,14-15H,12-13,16H2,1-3H3,(H,27,28). The highest BCUT2D eigenvalue weighted by Crippen LogP contribution is 2.29. The van der Waals surface area contributed by atoms with Gasteiger partial charge in [-0.25, -0.2) is 0 Å². The molecule has 7 heteroatoms. The van der Waals surface area contributed by atoms with Gasteiger partial charge in [-0.05, 0) is 60.0 Å². The Kier molecular flexibility index (Phi) is 8.22. The van der Waals surface area contributed by atoms with Crippen molar-refractivity contribution in [3.63, 3.8) is 0 Å². The van der Waals surface area contributed by atoms with Crippen molar-refractivity contribution in [2.45, 2.75) is 13.0 Å². The van der Waals surface area contributed by atoms with E-state index in [2.05, 4.69) is 5.32 Å². The zero-order valence-electron chi connectivity index (χ0n) is 18.3. The fraction of sp³-hybridized carbons (Fsp3) is 0.240. The summed E-state index contributed by atoms with van der Waals surface area (Å²) < 4.78 is 21.8. The molecule has 3 aromatic carbocycles. The molecule has 0 unspecified atom stereocenters. The van der Waals surface area contributed by atoms with E-state index in [0.717, 1.165) is 11.1 Å². The topological polar surface area (TPSA) is 66.0 Å². The summed E-state index contributed by atoms with van der Waals surface area (Å²) in [4.78, 5) is 12.6. The van der Waals surface area contributed by atoms with Crippen molar-refractivity contribution in [2.75, 3.05) is 27.9 Å². The minimum Gasteiger partial charge on any atom is -0.493 e. The Balaban J connectivity index is 1.57. The van der Waals surface area contributed by atoms with Gasteiger partial charge in [0.15, 0.2) is 23.0 Å². The predicted octanol–water partition coefficient (Wildman–Crippen LogP) is 4.92. The number of ether oxygens (including phenoxy) is 4. The Labute approximate surface area is 193 Å². The second kappa shape index (κ2) is 11.3. The van der Waals surface area contributed by atoms with Crippen LogP contribution >= 0.6 is 11.6 Å². The minimum atomic E-state index is -0.187. The van der Waals surface area contributed by atoms with Gasteiger partial charge >= 0.3 is 0 Å². The molecule has 1 N–H and O–H groups in total. The monoisotopic (exact) mass is 455 g/mol. The molecule has 0 radical (unpaired) electrons. The van der Waals surface area contributed by atoms with Gasteiger partial charge in [0, 0.05) is 17.1 Å². The SMILES string of the molecule is COc1ccc(CCNC(=O)c2ccc(OCc3ccc(Cl)cc3)c(OC)c2)cc1OC. The molecule has 0 saturated heterocycles. The summed E-state index contributed by atoms with van der Waals surface area (Å²) in [5, 5.41) is 3.60. The fourth-order valence-electron chi connectivity index (χ4n) is 3.13. The lowest BCUT2D eigenvalue weighted by Crippen LogP contribution is -2.25. The predicted molar refractivity (Wildman–Crippen MR) is 124 cm³/mol. The van der Waals surface area contributed by atoms with E-state index < -0.39 is 0 Å². The number of benzene rings is 3. The van der Waals surface area contributed by atoms with Crippen LogP contribution in [0.3, 0.4) is 0 Å². The van der Waals surface area contributed by atoms with Gasteiger partial charge in [0.2, 0.25) is 0 Å². The summed E-state index contributed by atoms with van der Waals surface area (Å²) >= 11 is 5.91. The van der Waals surface area contributed by atoms with Crippen molar-refractivity contribution in [3.8, 4) is 23.0 Å². The van der Waals surface area contributed by atoms with E-state index in [1.165, 1.54) is 0 Å². The number of halogens is 1. The van der Waals surface area contributed by atoms with Gasteiger partial charge in [-0.3, -0.25) is 4.79 Å². The number of carbonyl (C=O) groups excluding carboxylic acids is 1. The van der Waals surface area contributed by atoms with Crippen LogP contribution in [0.5, 0.6) is 23.0 Å². The van der Waals surface area contributed by atoms with Crippen molar-refractivity contribution < 1.29 is 23.7 Å². The molecular formula is C25H26ClNO5. The summed E-state index contributed by atoms with van der Waals surface area (Å²) in [5.74, 6) is 2.20. The van der Waals surface area contributed by atoms with Crippen molar-refractivity contribution in [2.24, 2.45) is 0 Å². The molecule has 6 nitrogen and oxygen atoms in total. The third kappa shape index (κ3) is 6.08. The molecule has 0 aliphatic rings. The number of rotatable bonds is 10. The smallest absolute Gasteiger partial charge is 0.251 e. The van der Waals surface area contributed by atoms with Crippen LogP contribution in [0.2, 0.25) is 5.02 Å². The Bertz CT molecular complexity index is 1050. The molecule has 0 atom stereocenters. The van der Waals surface area contributed by atoms with Crippen LogP contribution in [0.1, 0.15) is 21.5 Å². The zero-order valence-corrected chi connectivity index (χ0v) is 19.1. The van der Waals surface area contributed by atoms with Gasteiger partial charge in [0.05, 0.1) is 21.3 Å². The molecule has 0 spiro atoms. The Morgan fingerprint density at radius 1 is 0.781 bits per heavy atom. The minimum absolute atomic E-state index is 0.187. The summed E-state index contributed by atoms with van der Waals surface area (Å²) in [6.45, 7) is 0.843. The van der Waals surface area contributed by atoms with Crippen LogP contribution in [-0.4, -0.2) is 33.8 Å². The zero-order chi connectivity index (χ0) is 22.9. The number of carbonyl (C=O) groups is 1. The lowest BCUT2D eigenvalue weighted by molar-refractivity contribution is 0.0953. The Morgan fingerprint density at radius 3 is 2.09 bits per heavy atom. The summed E-state index contributed by atoms with van der Waals surface area (Å²) in [6.07, 6.45) is 0.658. The Morgan fingerprint density at radius 2 is 1.41 bits per heavy atom. The average Bonchev–Trinajstić information content (AvgIpc) is 2.83. The van der Waals surface area contributed by atoms with Gasteiger partial charge in [-0.2, -0.15) is 0 Å². The van der Waals surface area contributed by atoms with E-state index in [-0.39, 0.29) is 5.91 Å². The Hall–Kier alpha value is -3.38. The van der Waals surface area contributed by atoms with E-state index in [0.29, 0.717) is 53.2 Å². The summed E-state index contributed by atoms with van der Waals surface area (Å²) in [7, 11) is 4.74. The fourth-order valence-corrected chi connectivity index (χ4v) is 3.25. The van der Waals surface area contributed by atoms with Crippen molar-refractivity contribution in [1.29, 1.82) is 0 Å². The normalized spacial score (nSPS) is 10.4. The number of nitrogens with one attached hydrogen (secondary N) is 1. The van der Waals surface area contributed by atoms with Crippen LogP contribution in [0.25, 0.3) is 0 Å². The third-order valence-electron chi connectivity index (χ3n) is 4.88. The highest BCUT2D eigenvalue weighted by Gasteiger charge is 2.12. The molecule has 3 aromatic rings. The largest absolute Gasteiger partial charge is 0.493 e. The molecule has 1 amide bonds. The quantitative estimate of drug-likeness (QED) is 0.470. The number of hydrogen-bond donors (Lipinski definition) is 1. The second-order valence-electron chi connectivity index (χ2n) is 6.98. The molecular weight excluding hydrogens is 430 g/mol. The maximum atomic E-state index is 12.6. The molecule has 32 heavy (non-hydrogen) atoms. The van der Waals surface area contributed by atoms with Gasteiger partial charge < -0.3 is 24.3 Å². The summed E-state index contributed by atoms with van der Waals surface area (Å²) in [5.41, 5.74) is 2.51. The van der Waals surface area contributed by atoms with Gasteiger partial charge in [-0.15, -0.1) is 0 Å². The molecule has 0 aromatic heterocycles. The van der Waals surface area contributed by atoms with Crippen LogP contribution in [0.4, 0.5) is 0 Å². The number of methoxy groups -OCH3 is 3. The molecule has 0 bridgehead atoms. The number of amides is 1. The first kappa shape index (κ1) is 23.3. The summed E-state index contributed by atoms with van der Waals surface area (Å²) in [6, 6.07) is 18.2. The highest BCUT2D eigenvalue weighted by atomic mass is 35.5. The highest BCUT2D eigenvalue weighted by molar-refractivity contribution is 6.30. The van der Waals surface area contributed by atoms with Crippen molar-refractivity contribution >= 4 is 17.5 Å². The number of hydrogen-bond acceptors (Lipinski definition) is 5. The van der Waals surface area contributed by atoms with Gasteiger partial charge in [0.25, 0.3) is 5.91 Å². The molecule has 168 valence electrons. The maximum Gasteiger partial charge on any atom is 0.251 e. The van der Waals surface area contributed by atoms with E-state index in [4.69, 9.17) is 30.5 Å². The lowest BCUT2D eigenvalue weighted by atomic mass is 10.1. The second-order valence-corrected chi connectivity index (χ2v) is 7.41. The van der Waals surface area contributed by atoms with E-state index in [1.54, 1.807) is 39.5 Å². The van der Waals surface area contributed by atoms with E-state index in [9.17, 15) is 4.79 Å². The van der Waals surface area contributed by atoms with E-state index >= 15 is 0 Å². The first-order valence-corrected chi connectivity index (χ1v) is 10.5. The van der Waals surface area contributed by atoms with Crippen LogP contribution in [0.15, 0.2) is 60.7 Å². The first-order valence-electron chi connectivity index (χ1n) is 10.1. The molecule has 3 rings (SSSR count). The van der Waals surface area contributed by atoms with Gasteiger partial charge in [0.1, 0.15) is 6.61 Å². The van der Waals surface area contributed by atoms with Crippen LogP contribution in [0, 0.1) is 0 Å². The molecule has 0 aliphatic carbocycles. The maximum absolute atomic E-state index is 12.6. The lowest BCUT2D eigenvalue weighted by Gasteiger charge is -2.13.